The lowest BCUT2D eigenvalue weighted by Crippen LogP contribution is -2.16. The van der Waals surface area contributed by atoms with Gasteiger partial charge < -0.3 is 24.3 Å². The maximum atomic E-state index is 12.8. The first-order valence-corrected chi connectivity index (χ1v) is 8.12. The second-order valence-corrected chi connectivity index (χ2v) is 5.52. The molecule has 0 saturated carbocycles. The van der Waals surface area contributed by atoms with E-state index in [2.05, 4.69) is 10.1 Å². The Hall–Kier alpha value is -2.85. The molecule has 0 amide bonds. The van der Waals surface area contributed by atoms with E-state index in [0.717, 1.165) is 12.7 Å². The van der Waals surface area contributed by atoms with Gasteiger partial charge in [0.15, 0.2) is 5.75 Å². The number of alkyl halides is 2. The molecule has 2 aromatic rings. The zero-order chi connectivity index (χ0) is 20.7. The topological polar surface area (TPSA) is 92.1 Å². The van der Waals surface area contributed by atoms with Crippen molar-refractivity contribution in [1.82, 2.24) is 5.32 Å². The van der Waals surface area contributed by atoms with Crippen LogP contribution in [0.4, 0.5) is 14.5 Å². The van der Waals surface area contributed by atoms with Crippen molar-refractivity contribution in [2.45, 2.75) is 19.7 Å². The van der Waals surface area contributed by atoms with Crippen molar-refractivity contribution in [2.75, 3.05) is 21.3 Å². The van der Waals surface area contributed by atoms with Crippen LogP contribution in [0.25, 0.3) is 0 Å². The Labute approximate surface area is 172 Å². The molecule has 0 bridgehead atoms. The largest absolute Gasteiger partial charge is 0.497 e. The first-order valence-electron chi connectivity index (χ1n) is 8.12. The van der Waals surface area contributed by atoms with E-state index in [0.29, 0.717) is 18.0 Å². The summed E-state index contributed by atoms with van der Waals surface area (Å²) in [5, 5.41) is 14.2. The number of nitrogens with zero attached hydrogens (tertiary/aromatic N) is 1. The average molecular weight is 435 g/mol. The third-order valence-electron chi connectivity index (χ3n) is 3.90. The Balaban J connectivity index is 0.00000420. The smallest absolute Gasteiger partial charge is 0.387 e. The maximum absolute atomic E-state index is 12.8. The van der Waals surface area contributed by atoms with E-state index in [1.165, 1.54) is 26.4 Å². The Kier molecular flexibility index (Phi) is 9.36. The summed E-state index contributed by atoms with van der Waals surface area (Å²) in [6.07, 6.45) is 0. The molecule has 0 aromatic heterocycles. The van der Waals surface area contributed by atoms with E-state index in [1.807, 2.05) is 0 Å². The maximum Gasteiger partial charge on any atom is 0.387 e. The van der Waals surface area contributed by atoms with Gasteiger partial charge in [0.2, 0.25) is 5.75 Å². The van der Waals surface area contributed by atoms with Crippen molar-refractivity contribution in [1.29, 1.82) is 0 Å². The number of nitro groups is 1. The van der Waals surface area contributed by atoms with Crippen molar-refractivity contribution in [3.8, 4) is 23.0 Å². The van der Waals surface area contributed by atoms with Gasteiger partial charge in [-0.25, -0.2) is 0 Å². The van der Waals surface area contributed by atoms with Gasteiger partial charge in [0.05, 0.1) is 26.3 Å². The summed E-state index contributed by atoms with van der Waals surface area (Å²) < 4.78 is 45.6. The second-order valence-electron chi connectivity index (χ2n) is 5.52. The first kappa shape index (κ1) is 24.2. The number of hydrogen-bond donors (Lipinski definition) is 1. The number of methoxy groups -OCH3 is 3. The van der Waals surface area contributed by atoms with Crippen LogP contribution in [-0.2, 0) is 13.1 Å². The van der Waals surface area contributed by atoms with Gasteiger partial charge in [-0.15, -0.1) is 12.4 Å². The van der Waals surface area contributed by atoms with Crippen LogP contribution >= 0.6 is 12.4 Å². The van der Waals surface area contributed by atoms with Crippen LogP contribution in [-0.4, -0.2) is 32.9 Å². The molecule has 0 heterocycles. The molecule has 0 unspecified atom stereocenters. The number of ether oxygens (including phenoxy) is 4. The molecule has 0 radical (unpaired) electrons. The van der Waals surface area contributed by atoms with Gasteiger partial charge in [0, 0.05) is 30.3 Å². The Morgan fingerprint density at radius 1 is 1.00 bits per heavy atom. The quantitative estimate of drug-likeness (QED) is 0.447. The van der Waals surface area contributed by atoms with Crippen LogP contribution in [0, 0.1) is 10.1 Å². The summed E-state index contributed by atoms with van der Waals surface area (Å²) in [7, 11) is 4.22. The molecule has 160 valence electrons. The molecule has 0 fully saturated rings. The van der Waals surface area contributed by atoms with Crippen LogP contribution in [0.5, 0.6) is 23.0 Å². The summed E-state index contributed by atoms with van der Waals surface area (Å²) in [6, 6.07) is 7.79. The number of hydrogen-bond acceptors (Lipinski definition) is 7. The van der Waals surface area contributed by atoms with Crippen molar-refractivity contribution in [2.24, 2.45) is 0 Å². The summed E-state index contributed by atoms with van der Waals surface area (Å²) in [5.74, 6) is 0.523. The zero-order valence-electron chi connectivity index (χ0n) is 15.9. The van der Waals surface area contributed by atoms with E-state index in [-0.39, 0.29) is 36.0 Å². The molecular formula is C18H21ClF2N2O6. The van der Waals surface area contributed by atoms with Gasteiger partial charge in [-0.1, -0.05) is 0 Å². The van der Waals surface area contributed by atoms with Gasteiger partial charge in [-0.05, 0) is 24.3 Å². The van der Waals surface area contributed by atoms with Crippen LogP contribution in [0.15, 0.2) is 30.3 Å². The van der Waals surface area contributed by atoms with Gasteiger partial charge in [0.25, 0.3) is 0 Å². The number of benzene rings is 2. The molecule has 8 nitrogen and oxygen atoms in total. The number of nitro benzene ring substituents is 1. The summed E-state index contributed by atoms with van der Waals surface area (Å²) in [5.41, 5.74) is 0.605. The summed E-state index contributed by atoms with van der Waals surface area (Å²) in [4.78, 5) is 10.4. The van der Waals surface area contributed by atoms with E-state index in [4.69, 9.17) is 14.2 Å². The van der Waals surface area contributed by atoms with Crippen molar-refractivity contribution in [3.63, 3.8) is 0 Å². The third kappa shape index (κ3) is 6.06. The van der Waals surface area contributed by atoms with Crippen LogP contribution in [0.2, 0.25) is 0 Å². The molecular weight excluding hydrogens is 414 g/mol. The Morgan fingerprint density at radius 2 is 1.69 bits per heavy atom. The number of halogens is 3. The van der Waals surface area contributed by atoms with Crippen molar-refractivity contribution >= 4 is 18.1 Å². The Morgan fingerprint density at radius 3 is 2.24 bits per heavy atom. The SMILES string of the molecule is COc1ccc(OC)c(CNCc2ccc([N+](=O)[O-])c(OC)c2OC(F)F)c1.Cl. The molecule has 0 aliphatic heterocycles. The van der Waals surface area contributed by atoms with Gasteiger partial charge in [-0.3, -0.25) is 10.1 Å². The second kappa shape index (κ2) is 11.2. The van der Waals surface area contributed by atoms with Crippen LogP contribution in [0.1, 0.15) is 11.1 Å². The van der Waals surface area contributed by atoms with Crippen LogP contribution < -0.4 is 24.3 Å². The van der Waals surface area contributed by atoms with Gasteiger partial charge >= 0.3 is 12.3 Å². The van der Waals surface area contributed by atoms with E-state index < -0.39 is 17.2 Å². The highest BCUT2D eigenvalue weighted by molar-refractivity contribution is 5.85. The first-order chi connectivity index (χ1) is 13.4. The van der Waals surface area contributed by atoms with Crippen molar-refractivity contribution < 1.29 is 32.7 Å². The third-order valence-corrected chi connectivity index (χ3v) is 3.90. The van der Waals surface area contributed by atoms with E-state index >= 15 is 0 Å². The van der Waals surface area contributed by atoms with E-state index in [9.17, 15) is 18.9 Å². The minimum Gasteiger partial charge on any atom is -0.497 e. The predicted octanol–water partition coefficient (Wildman–Crippen LogP) is 3.93. The molecule has 0 aliphatic rings. The van der Waals surface area contributed by atoms with Gasteiger partial charge in [0.1, 0.15) is 11.5 Å². The fraction of sp³-hybridized carbons (Fsp3) is 0.333. The molecule has 0 atom stereocenters. The van der Waals surface area contributed by atoms with Crippen molar-refractivity contribution in [3.05, 3.63) is 51.6 Å². The van der Waals surface area contributed by atoms with E-state index in [1.54, 1.807) is 18.2 Å². The minimum absolute atomic E-state index is 0. The number of nitrogens with one attached hydrogen (secondary N) is 1. The fourth-order valence-electron chi connectivity index (χ4n) is 2.64. The predicted molar refractivity (Wildman–Crippen MR) is 104 cm³/mol. The zero-order valence-corrected chi connectivity index (χ0v) is 16.8. The van der Waals surface area contributed by atoms with Crippen LogP contribution in [0.3, 0.4) is 0 Å². The summed E-state index contributed by atoms with van der Waals surface area (Å²) >= 11 is 0. The molecule has 29 heavy (non-hydrogen) atoms. The molecule has 1 N–H and O–H groups in total. The normalized spacial score (nSPS) is 10.3. The molecule has 0 saturated heterocycles. The highest BCUT2D eigenvalue weighted by Gasteiger charge is 2.25. The molecule has 2 aromatic carbocycles. The summed E-state index contributed by atoms with van der Waals surface area (Å²) in [6.45, 7) is -2.74. The molecule has 0 aliphatic carbocycles. The highest BCUT2D eigenvalue weighted by atomic mass is 35.5. The fourth-order valence-corrected chi connectivity index (χ4v) is 2.64. The molecule has 11 heteroatoms. The lowest BCUT2D eigenvalue weighted by atomic mass is 10.1. The molecule has 2 rings (SSSR count). The monoisotopic (exact) mass is 434 g/mol. The Bertz CT molecular complexity index is 838. The number of rotatable bonds is 10. The standard InChI is InChI=1S/C18H20F2N2O6.ClH/c1-25-13-5-7-15(26-2)12(8-13)10-21-9-11-4-6-14(22(23)24)17(27-3)16(11)28-18(19)20;/h4-8,18,21H,9-10H2,1-3H3;1H. The minimum atomic E-state index is -3.16. The van der Waals surface area contributed by atoms with Gasteiger partial charge in [-0.2, -0.15) is 8.78 Å². The molecule has 0 spiro atoms. The highest BCUT2D eigenvalue weighted by Crippen LogP contribution is 2.40. The lowest BCUT2D eigenvalue weighted by Gasteiger charge is -2.16. The average Bonchev–Trinajstić information content (AvgIpc) is 2.67. The lowest BCUT2D eigenvalue weighted by molar-refractivity contribution is -0.385.